The highest BCUT2D eigenvalue weighted by Gasteiger charge is 2.07. The highest BCUT2D eigenvalue weighted by Crippen LogP contribution is 2.19. The molecule has 82 valence electrons. The van der Waals surface area contributed by atoms with Gasteiger partial charge < -0.3 is 9.67 Å². The summed E-state index contributed by atoms with van der Waals surface area (Å²) >= 11 is 0. The van der Waals surface area contributed by atoms with Crippen LogP contribution < -0.4 is 0 Å². The Balaban J connectivity index is 2.39. The van der Waals surface area contributed by atoms with Gasteiger partial charge in [-0.15, -0.1) is 11.8 Å². The summed E-state index contributed by atoms with van der Waals surface area (Å²) in [5.74, 6) is 5.90. The van der Waals surface area contributed by atoms with Crippen LogP contribution in [0, 0.1) is 11.8 Å². The number of rotatable bonds is 3. The third kappa shape index (κ3) is 1.93. The summed E-state index contributed by atoms with van der Waals surface area (Å²) in [6.07, 6.45) is 4.53. The molecule has 0 aromatic carbocycles. The maximum Gasteiger partial charge on any atom is 0.140 e. The molecule has 0 saturated heterocycles. The second-order valence-electron chi connectivity index (χ2n) is 3.56. The summed E-state index contributed by atoms with van der Waals surface area (Å²) in [5, 5.41) is 10.3. The molecule has 3 heteroatoms. The zero-order chi connectivity index (χ0) is 11.4. The van der Waals surface area contributed by atoms with Gasteiger partial charge in [-0.3, -0.25) is 0 Å². The summed E-state index contributed by atoms with van der Waals surface area (Å²) in [5.41, 5.74) is 1.84. The van der Waals surface area contributed by atoms with Gasteiger partial charge in [-0.25, -0.2) is 4.98 Å². The lowest BCUT2D eigenvalue weighted by atomic mass is 10.2. The fraction of sp³-hybridized carbons (Fsp3) is 0.308. The Kier molecular flexibility index (Phi) is 3.23. The normalized spacial score (nSPS) is 10.1. The Labute approximate surface area is 94.7 Å². The molecule has 16 heavy (non-hydrogen) atoms. The molecule has 3 nitrogen and oxygen atoms in total. The van der Waals surface area contributed by atoms with Crippen LogP contribution in [0.3, 0.4) is 0 Å². The fourth-order valence-corrected chi connectivity index (χ4v) is 1.79. The standard InChI is InChI=1S/C13H14N2O/c1-2-3-4-8-15-9-11(10-16)12-6-5-7-14-13(12)15/h5-7,9,16H,4,8,10H2,1H3. The van der Waals surface area contributed by atoms with E-state index in [9.17, 15) is 5.11 Å². The molecule has 0 aliphatic rings. The minimum Gasteiger partial charge on any atom is -0.392 e. The van der Waals surface area contributed by atoms with Crippen molar-refractivity contribution in [3.05, 3.63) is 30.1 Å². The van der Waals surface area contributed by atoms with Crippen LogP contribution in [0.15, 0.2) is 24.5 Å². The van der Waals surface area contributed by atoms with Crippen LogP contribution >= 0.6 is 0 Å². The molecule has 0 fully saturated rings. The van der Waals surface area contributed by atoms with Gasteiger partial charge in [0.05, 0.1) is 6.61 Å². The predicted octanol–water partition coefficient (Wildman–Crippen LogP) is 1.94. The van der Waals surface area contributed by atoms with Crippen molar-refractivity contribution < 1.29 is 5.11 Å². The number of aromatic nitrogens is 2. The molecule has 0 spiro atoms. The first-order valence-corrected chi connectivity index (χ1v) is 5.30. The number of pyridine rings is 1. The molecule has 0 atom stereocenters. The second-order valence-corrected chi connectivity index (χ2v) is 3.56. The lowest BCUT2D eigenvalue weighted by Crippen LogP contribution is -1.96. The Bertz CT molecular complexity index is 546. The molecule has 2 aromatic heterocycles. The first-order valence-electron chi connectivity index (χ1n) is 5.30. The SMILES string of the molecule is CC#CCCn1cc(CO)c2cccnc21. The van der Waals surface area contributed by atoms with Crippen LogP contribution in [0.1, 0.15) is 18.9 Å². The van der Waals surface area contributed by atoms with Crippen LogP contribution in [0.5, 0.6) is 0 Å². The summed E-state index contributed by atoms with van der Waals surface area (Å²) in [7, 11) is 0. The Morgan fingerprint density at radius 1 is 1.50 bits per heavy atom. The summed E-state index contributed by atoms with van der Waals surface area (Å²) in [6, 6.07) is 3.87. The maximum absolute atomic E-state index is 9.25. The van der Waals surface area contributed by atoms with E-state index in [1.807, 2.05) is 29.8 Å². The molecule has 0 saturated carbocycles. The predicted molar refractivity (Wildman–Crippen MR) is 63.7 cm³/mol. The average Bonchev–Trinajstić information content (AvgIpc) is 2.68. The number of hydrogen-bond donors (Lipinski definition) is 1. The van der Waals surface area contributed by atoms with E-state index in [1.165, 1.54) is 0 Å². The van der Waals surface area contributed by atoms with Crippen LogP contribution in [0.25, 0.3) is 11.0 Å². The third-order valence-corrected chi connectivity index (χ3v) is 2.54. The van der Waals surface area contributed by atoms with Gasteiger partial charge in [0.25, 0.3) is 0 Å². The van der Waals surface area contributed by atoms with Crippen molar-refractivity contribution >= 4 is 11.0 Å². The van der Waals surface area contributed by atoms with Crippen molar-refractivity contribution in [3.63, 3.8) is 0 Å². The number of aryl methyl sites for hydroxylation is 1. The largest absolute Gasteiger partial charge is 0.392 e. The zero-order valence-corrected chi connectivity index (χ0v) is 9.27. The molecule has 2 aromatic rings. The molecule has 0 aliphatic carbocycles. The highest BCUT2D eigenvalue weighted by molar-refractivity contribution is 5.80. The lowest BCUT2D eigenvalue weighted by molar-refractivity contribution is 0.283. The van der Waals surface area contributed by atoms with Gasteiger partial charge in [0.1, 0.15) is 5.65 Å². The van der Waals surface area contributed by atoms with Crippen molar-refractivity contribution in [2.75, 3.05) is 0 Å². The molecular formula is C13H14N2O. The number of nitrogens with zero attached hydrogens (tertiary/aromatic N) is 2. The van der Waals surface area contributed by atoms with E-state index < -0.39 is 0 Å². The molecule has 2 rings (SSSR count). The number of fused-ring (bicyclic) bond motifs is 1. The topological polar surface area (TPSA) is 38.0 Å². The molecular weight excluding hydrogens is 200 g/mol. The maximum atomic E-state index is 9.25. The van der Waals surface area contributed by atoms with E-state index >= 15 is 0 Å². The van der Waals surface area contributed by atoms with Crippen molar-refractivity contribution in [3.8, 4) is 11.8 Å². The number of hydrogen-bond acceptors (Lipinski definition) is 2. The lowest BCUT2D eigenvalue weighted by Gasteiger charge is -1.99. The van der Waals surface area contributed by atoms with Crippen molar-refractivity contribution in [2.45, 2.75) is 26.5 Å². The molecule has 0 amide bonds. The van der Waals surface area contributed by atoms with Gasteiger partial charge in [0.2, 0.25) is 0 Å². The Hall–Kier alpha value is -1.79. The summed E-state index contributed by atoms with van der Waals surface area (Å²) < 4.78 is 2.05. The van der Waals surface area contributed by atoms with E-state index in [2.05, 4.69) is 16.8 Å². The monoisotopic (exact) mass is 214 g/mol. The van der Waals surface area contributed by atoms with Gasteiger partial charge in [0, 0.05) is 36.3 Å². The molecule has 2 heterocycles. The smallest absolute Gasteiger partial charge is 0.140 e. The molecule has 0 aliphatic heterocycles. The molecule has 0 unspecified atom stereocenters. The van der Waals surface area contributed by atoms with E-state index in [-0.39, 0.29) is 6.61 Å². The Morgan fingerprint density at radius 2 is 2.38 bits per heavy atom. The summed E-state index contributed by atoms with van der Waals surface area (Å²) in [6.45, 7) is 2.70. The van der Waals surface area contributed by atoms with E-state index in [0.717, 1.165) is 29.6 Å². The minimum absolute atomic E-state index is 0.0502. The van der Waals surface area contributed by atoms with Crippen LogP contribution in [0.2, 0.25) is 0 Å². The van der Waals surface area contributed by atoms with Gasteiger partial charge in [0.15, 0.2) is 0 Å². The fourth-order valence-electron chi connectivity index (χ4n) is 1.79. The van der Waals surface area contributed by atoms with Crippen molar-refractivity contribution in [1.29, 1.82) is 0 Å². The van der Waals surface area contributed by atoms with Gasteiger partial charge in [-0.05, 0) is 19.1 Å². The zero-order valence-electron chi connectivity index (χ0n) is 9.27. The number of aliphatic hydroxyl groups is 1. The van der Waals surface area contributed by atoms with Crippen LogP contribution in [-0.4, -0.2) is 14.7 Å². The van der Waals surface area contributed by atoms with Gasteiger partial charge in [-0.1, -0.05) is 0 Å². The third-order valence-electron chi connectivity index (χ3n) is 2.54. The highest BCUT2D eigenvalue weighted by atomic mass is 16.3. The Morgan fingerprint density at radius 3 is 3.12 bits per heavy atom. The van der Waals surface area contributed by atoms with E-state index in [0.29, 0.717) is 0 Å². The van der Waals surface area contributed by atoms with E-state index in [4.69, 9.17) is 0 Å². The average molecular weight is 214 g/mol. The number of aliphatic hydroxyl groups excluding tert-OH is 1. The second kappa shape index (κ2) is 4.82. The molecule has 0 radical (unpaired) electrons. The first-order chi connectivity index (χ1) is 7.86. The van der Waals surface area contributed by atoms with E-state index in [1.54, 1.807) is 6.20 Å². The quantitative estimate of drug-likeness (QED) is 0.793. The van der Waals surface area contributed by atoms with Gasteiger partial charge in [-0.2, -0.15) is 0 Å². The molecule has 1 N–H and O–H groups in total. The van der Waals surface area contributed by atoms with Crippen molar-refractivity contribution in [2.24, 2.45) is 0 Å². The van der Waals surface area contributed by atoms with Crippen LogP contribution in [-0.2, 0) is 13.2 Å². The van der Waals surface area contributed by atoms with Crippen molar-refractivity contribution in [1.82, 2.24) is 9.55 Å². The minimum atomic E-state index is 0.0502. The van der Waals surface area contributed by atoms with Gasteiger partial charge >= 0.3 is 0 Å². The first kappa shape index (κ1) is 10.7. The van der Waals surface area contributed by atoms with Crippen LogP contribution in [0.4, 0.5) is 0 Å². The summed E-state index contributed by atoms with van der Waals surface area (Å²) in [4.78, 5) is 4.33. The molecule has 0 bridgehead atoms.